The summed E-state index contributed by atoms with van der Waals surface area (Å²) in [6, 6.07) is 0. The van der Waals surface area contributed by atoms with Crippen LogP contribution in [0.5, 0.6) is 0 Å². The average molecular weight is 355 g/mol. The van der Waals surface area contributed by atoms with Crippen molar-refractivity contribution < 1.29 is 19.8 Å². The lowest BCUT2D eigenvalue weighted by atomic mass is 9.74. The van der Waals surface area contributed by atoms with Gasteiger partial charge >= 0.3 is 11.9 Å². The molecule has 0 aliphatic heterocycles. The molecule has 4 heteroatoms. The minimum absolute atomic E-state index is 0.223. The van der Waals surface area contributed by atoms with E-state index in [1.54, 1.807) is 0 Å². The van der Waals surface area contributed by atoms with Gasteiger partial charge in [0, 0.05) is 0 Å². The first-order valence-corrected chi connectivity index (χ1v) is 10.4. The number of carboxylic acids is 2. The van der Waals surface area contributed by atoms with Gasteiger partial charge in [-0.15, -0.1) is 0 Å². The highest BCUT2D eigenvalue weighted by atomic mass is 16.4. The number of aliphatic carboxylic acids is 2. The van der Waals surface area contributed by atoms with E-state index < -0.39 is 11.9 Å². The van der Waals surface area contributed by atoms with Crippen LogP contribution in [0.4, 0.5) is 0 Å². The van der Waals surface area contributed by atoms with Crippen LogP contribution in [-0.4, -0.2) is 22.2 Å². The van der Waals surface area contributed by atoms with E-state index >= 15 is 0 Å². The van der Waals surface area contributed by atoms with Gasteiger partial charge in [-0.3, -0.25) is 9.59 Å². The maximum absolute atomic E-state index is 11.9. The summed E-state index contributed by atoms with van der Waals surface area (Å²) in [5.41, 5.74) is 0. The van der Waals surface area contributed by atoms with Crippen molar-refractivity contribution in [2.75, 3.05) is 0 Å². The normalized spacial score (nSPS) is 19.3. The Morgan fingerprint density at radius 2 is 1.60 bits per heavy atom. The molecule has 0 aromatic heterocycles. The molecule has 0 heterocycles. The summed E-state index contributed by atoms with van der Waals surface area (Å²) < 4.78 is 0. The second kappa shape index (κ2) is 12.3. The van der Waals surface area contributed by atoms with Gasteiger partial charge in [0.05, 0.1) is 11.8 Å². The fourth-order valence-corrected chi connectivity index (χ4v) is 4.43. The molecule has 1 aliphatic rings. The number of rotatable bonds is 13. The molecule has 0 saturated heterocycles. The molecule has 0 bridgehead atoms. The number of carboxylic acid groups (broad SMARTS) is 2. The van der Waals surface area contributed by atoms with Crippen LogP contribution in [0.1, 0.15) is 97.3 Å². The van der Waals surface area contributed by atoms with Crippen molar-refractivity contribution in [3.05, 3.63) is 0 Å². The molecule has 2 N–H and O–H groups in total. The van der Waals surface area contributed by atoms with Crippen molar-refractivity contribution in [3.63, 3.8) is 0 Å². The van der Waals surface area contributed by atoms with Gasteiger partial charge in [-0.25, -0.2) is 0 Å². The van der Waals surface area contributed by atoms with Gasteiger partial charge in [0.25, 0.3) is 0 Å². The largest absolute Gasteiger partial charge is 0.481 e. The van der Waals surface area contributed by atoms with Crippen LogP contribution in [0.3, 0.4) is 0 Å². The van der Waals surface area contributed by atoms with Crippen LogP contribution in [0.15, 0.2) is 0 Å². The van der Waals surface area contributed by atoms with Crippen molar-refractivity contribution in [1.29, 1.82) is 0 Å². The first-order valence-electron chi connectivity index (χ1n) is 10.4. The lowest BCUT2D eigenvalue weighted by Crippen LogP contribution is -2.29. The van der Waals surface area contributed by atoms with Gasteiger partial charge in [0.2, 0.25) is 0 Å². The Bertz CT molecular complexity index is 387. The molecule has 1 saturated carbocycles. The third kappa shape index (κ3) is 8.24. The Kier molecular flexibility index (Phi) is 10.8. The highest BCUT2D eigenvalue weighted by Gasteiger charge is 2.32. The fourth-order valence-electron chi connectivity index (χ4n) is 4.43. The topological polar surface area (TPSA) is 74.6 Å². The first-order chi connectivity index (χ1) is 12.0. The Hall–Kier alpha value is -1.06. The Morgan fingerprint density at radius 3 is 2.12 bits per heavy atom. The molecule has 1 rings (SSSR count). The van der Waals surface area contributed by atoms with Gasteiger partial charge in [0.1, 0.15) is 0 Å². The van der Waals surface area contributed by atoms with Gasteiger partial charge in [-0.05, 0) is 43.9 Å². The van der Waals surface area contributed by atoms with Crippen LogP contribution in [0.25, 0.3) is 0 Å². The Labute approximate surface area is 153 Å². The van der Waals surface area contributed by atoms with Crippen molar-refractivity contribution >= 4 is 11.9 Å². The summed E-state index contributed by atoms with van der Waals surface area (Å²) in [7, 11) is 0. The van der Waals surface area contributed by atoms with Crippen molar-refractivity contribution in [3.8, 4) is 0 Å². The number of carbonyl (C=O) groups is 2. The molecule has 1 aliphatic carbocycles. The SMILES string of the molecule is CCCCCCC(CC(CC)C(=O)O)CC(C(=O)O)C1CCCCC1. The number of unbranched alkanes of at least 4 members (excludes halogenated alkanes) is 3. The Balaban J connectivity index is 2.72. The zero-order valence-electron chi connectivity index (χ0n) is 16.2. The monoisotopic (exact) mass is 354 g/mol. The molecule has 1 fully saturated rings. The molecule has 0 amide bonds. The standard InChI is InChI=1S/C21H38O4/c1-3-5-6-8-11-16(14-17(4-2)20(22)23)15-19(21(24)25)18-12-9-7-10-13-18/h16-19H,3-15H2,1-2H3,(H,22,23)(H,24,25). The molecule has 3 atom stereocenters. The average Bonchev–Trinajstić information content (AvgIpc) is 2.60. The number of hydrogen-bond acceptors (Lipinski definition) is 2. The van der Waals surface area contributed by atoms with Crippen molar-refractivity contribution in [2.45, 2.75) is 97.3 Å². The molecule has 0 radical (unpaired) electrons. The molecular formula is C21H38O4. The predicted molar refractivity (Wildman–Crippen MR) is 101 cm³/mol. The van der Waals surface area contributed by atoms with Gasteiger partial charge in [0.15, 0.2) is 0 Å². The molecule has 25 heavy (non-hydrogen) atoms. The van der Waals surface area contributed by atoms with E-state index in [1.165, 1.54) is 19.3 Å². The van der Waals surface area contributed by atoms with Gasteiger partial charge in [-0.1, -0.05) is 65.2 Å². The van der Waals surface area contributed by atoms with Gasteiger partial charge < -0.3 is 10.2 Å². The molecule has 3 unspecified atom stereocenters. The molecule has 0 aromatic rings. The first kappa shape index (κ1) is 22.0. The maximum atomic E-state index is 11.9. The van der Waals surface area contributed by atoms with Crippen LogP contribution in [-0.2, 0) is 9.59 Å². The van der Waals surface area contributed by atoms with Crippen LogP contribution >= 0.6 is 0 Å². The predicted octanol–water partition coefficient (Wildman–Crippen LogP) is 5.75. The minimum atomic E-state index is -0.731. The molecule has 4 nitrogen and oxygen atoms in total. The van der Waals surface area contributed by atoms with Crippen LogP contribution in [0, 0.1) is 23.7 Å². The highest BCUT2D eigenvalue weighted by Crippen LogP contribution is 2.36. The minimum Gasteiger partial charge on any atom is -0.481 e. The summed E-state index contributed by atoms with van der Waals surface area (Å²) in [6.45, 7) is 4.10. The molecule has 0 aromatic carbocycles. The summed E-state index contributed by atoms with van der Waals surface area (Å²) in [4.78, 5) is 23.3. The third-order valence-corrected chi connectivity index (χ3v) is 6.05. The summed E-state index contributed by atoms with van der Waals surface area (Å²) in [5, 5.41) is 19.2. The smallest absolute Gasteiger partial charge is 0.306 e. The third-order valence-electron chi connectivity index (χ3n) is 6.05. The lowest BCUT2D eigenvalue weighted by molar-refractivity contribution is -0.145. The van der Waals surface area contributed by atoms with Crippen molar-refractivity contribution in [1.82, 2.24) is 0 Å². The van der Waals surface area contributed by atoms with E-state index in [2.05, 4.69) is 6.92 Å². The maximum Gasteiger partial charge on any atom is 0.306 e. The Morgan fingerprint density at radius 1 is 0.920 bits per heavy atom. The molecule has 0 spiro atoms. The van der Waals surface area contributed by atoms with Crippen LogP contribution < -0.4 is 0 Å². The van der Waals surface area contributed by atoms with E-state index in [0.717, 1.165) is 44.9 Å². The highest BCUT2D eigenvalue weighted by molar-refractivity contribution is 5.71. The summed E-state index contributed by atoms with van der Waals surface area (Å²) in [6.07, 6.45) is 13.1. The van der Waals surface area contributed by atoms with E-state index in [0.29, 0.717) is 19.3 Å². The molecule has 146 valence electrons. The van der Waals surface area contributed by atoms with E-state index in [1.807, 2.05) is 6.92 Å². The second-order valence-electron chi connectivity index (χ2n) is 7.97. The molecular weight excluding hydrogens is 316 g/mol. The van der Waals surface area contributed by atoms with Crippen molar-refractivity contribution in [2.24, 2.45) is 23.7 Å². The van der Waals surface area contributed by atoms with E-state index in [4.69, 9.17) is 0 Å². The summed E-state index contributed by atoms with van der Waals surface area (Å²) >= 11 is 0. The quantitative estimate of drug-likeness (QED) is 0.413. The zero-order valence-corrected chi connectivity index (χ0v) is 16.2. The second-order valence-corrected chi connectivity index (χ2v) is 7.97. The fraction of sp³-hybridized carbons (Fsp3) is 0.905. The lowest BCUT2D eigenvalue weighted by Gasteiger charge is -2.31. The van der Waals surface area contributed by atoms with E-state index in [9.17, 15) is 19.8 Å². The van der Waals surface area contributed by atoms with Gasteiger partial charge in [-0.2, -0.15) is 0 Å². The van der Waals surface area contributed by atoms with E-state index in [-0.39, 0.29) is 23.7 Å². The van der Waals surface area contributed by atoms with Crippen LogP contribution in [0.2, 0.25) is 0 Å². The summed E-state index contributed by atoms with van der Waals surface area (Å²) in [5.74, 6) is -1.52. The number of hydrogen-bond donors (Lipinski definition) is 2. The zero-order chi connectivity index (χ0) is 18.7.